The van der Waals surface area contributed by atoms with Gasteiger partial charge < -0.3 is 10.1 Å². The SMILES string of the molecule is COc1ccc(C2c3sc(=O)n(CC(=O)Nc4cccc(C)c4)c3SC3C4CC(C5C(=O)N(c6ccc(F)cc6)C(=O)C45)C23)cc1. The van der Waals surface area contributed by atoms with Crippen LogP contribution in [0, 0.1) is 42.3 Å². The number of carbonyl (C=O) groups excluding carboxylic acids is 3. The van der Waals surface area contributed by atoms with E-state index in [1.54, 1.807) is 23.4 Å². The van der Waals surface area contributed by atoms with Crippen molar-refractivity contribution >= 4 is 52.2 Å². The molecule has 46 heavy (non-hydrogen) atoms. The van der Waals surface area contributed by atoms with E-state index in [9.17, 15) is 23.6 Å². The number of nitrogens with zero attached hydrogens (tertiary/aromatic N) is 2. The number of imide groups is 1. The summed E-state index contributed by atoms with van der Waals surface area (Å²) in [6.45, 7) is 1.82. The van der Waals surface area contributed by atoms with E-state index in [0.717, 1.165) is 38.8 Å². The topological polar surface area (TPSA) is 97.7 Å². The van der Waals surface area contributed by atoms with Crippen LogP contribution < -0.4 is 19.8 Å². The highest BCUT2D eigenvalue weighted by atomic mass is 32.2. The molecule has 3 fully saturated rings. The summed E-state index contributed by atoms with van der Waals surface area (Å²) in [5.74, 6) is -1.74. The van der Waals surface area contributed by atoms with Gasteiger partial charge in [0, 0.05) is 21.7 Å². The number of benzene rings is 3. The van der Waals surface area contributed by atoms with E-state index < -0.39 is 17.7 Å². The number of hydrogen-bond donors (Lipinski definition) is 1. The second kappa shape index (κ2) is 10.9. The van der Waals surface area contributed by atoms with Crippen molar-refractivity contribution in [1.82, 2.24) is 4.57 Å². The Kier molecular flexibility index (Phi) is 6.95. The zero-order chi connectivity index (χ0) is 31.9. The Labute approximate surface area is 272 Å². The normalized spacial score (nSPS) is 27.4. The Morgan fingerprint density at radius 2 is 1.70 bits per heavy atom. The number of methoxy groups -OCH3 is 1. The third-order valence-electron chi connectivity index (χ3n) is 10.1. The zero-order valence-corrected chi connectivity index (χ0v) is 26.6. The number of rotatable bonds is 6. The predicted octanol–water partition coefficient (Wildman–Crippen LogP) is 5.68. The number of amides is 3. The summed E-state index contributed by atoms with van der Waals surface area (Å²) in [6.07, 6.45) is 0.742. The van der Waals surface area contributed by atoms with Gasteiger partial charge in [-0.15, -0.1) is 11.8 Å². The van der Waals surface area contributed by atoms with Crippen molar-refractivity contribution in [3.63, 3.8) is 0 Å². The van der Waals surface area contributed by atoms with Crippen LogP contribution in [0.15, 0.2) is 82.6 Å². The quantitative estimate of drug-likeness (QED) is 0.269. The number of aromatic nitrogens is 1. The van der Waals surface area contributed by atoms with Crippen LogP contribution in [0.25, 0.3) is 0 Å². The molecule has 2 bridgehead atoms. The Bertz CT molecular complexity index is 1960. The fraction of sp³-hybridized carbons (Fsp3) is 0.314. The first kappa shape index (κ1) is 29.2. The lowest BCUT2D eigenvalue weighted by Crippen LogP contribution is -2.43. The van der Waals surface area contributed by atoms with Gasteiger partial charge in [-0.1, -0.05) is 35.6 Å². The van der Waals surface area contributed by atoms with Gasteiger partial charge in [0.2, 0.25) is 17.7 Å². The zero-order valence-electron chi connectivity index (χ0n) is 25.0. The second-order valence-corrected chi connectivity index (χ2v) is 14.7. The smallest absolute Gasteiger partial charge is 0.308 e. The monoisotopic (exact) mass is 655 g/mol. The van der Waals surface area contributed by atoms with Crippen LogP contribution in [0.4, 0.5) is 15.8 Å². The van der Waals surface area contributed by atoms with Gasteiger partial charge in [0.1, 0.15) is 18.1 Å². The van der Waals surface area contributed by atoms with Crippen molar-refractivity contribution in [2.75, 3.05) is 17.3 Å². The molecular weight excluding hydrogens is 626 g/mol. The number of anilines is 2. The molecule has 0 radical (unpaired) electrons. The average molecular weight is 656 g/mol. The number of thiazole rings is 1. The van der Waals surface area contributed by atoms with Gasteiger partial charge in [0.15, 0.2) is 0 Å². The molecule has 8 rings (SSSR count). The van der Waals surface area contributed by atoms with Crippen LogP contribution in [0.3, 0.4) is 0 Å². The Morgan fingerprint density at radius 1 is 0.978 bits per heavy atom. The molecule has 1 aromatic heterocycles. The van der Waals surface area contributed by atoms with E-state index in [1.807, 2.05) is 55.5 Å². The van der Waals surface area contributed by atoms with Crippen LogP contribution in [0.1, 0.15) is 28.3 Å². The third-order valence-corrected chi connectivity index (χ3v) is 12.9. The molecular formula is C35H30FN3O5S2. The maximum absolute atomic E-state index is 14.0. The molecule has 3 heterocycles. The first-order valence-electron chi connectivity index (χ1n) is 15.3. The van der Waals surface area contributed by atoms with Crippen LogP contribution in [0.5, 0.6) is 5.75 Å². The number of halogens is 1. The summed E-state index contributed by atoms with van der Waals surface area (Å²) in [5.41, 5.74) is 3.07. The van der Waals surface area contributed by atoms with Crippen LogP contribution in [0.2, 0.25) is 0 Å². The van der Waals surface area contributed by atoms with Crippen molar-refractivity contribution in [3.8, 4) is 5.75 Å². The summed E-state index contributed by atoms with van der Waals surface area (Å²) in [6, 6.07) is 20.8. The van der Waals surface area contributed by atoms with E-state index in [0.29, 0.717) is 17.1 Å². The van der Waals surface area contributed by atoms with Gasteiger partial charge >= 0.3 is 4.87 Å². The molecule has 8 nitrogen and oxygen atoms in total. The largest absolute Gasteiger partial charge is 0.497 e. The number of nitrogens with one attached hydrogen (secondary N) is 1. The van der Waals surface area contributed by atoms with Gasteiger partial charge in [-0.05, 0) is 90.8 Å². The van der Waals surface area contributed by atoms with Gasteiger partial charge in [-0.3, -0.25) is 28.6 Å². The third kappa shape index (κ3) is 4.46. The van der Waals surface area contributed by atoms with Gasteiger partial charge in [0.05, 0.1) is 29.7 Å². The lowest BCUT2D eigenvalue weighted by molar-refractivity contribution is -0.123. The van der Waals surface area contributed by atoms with Crippen molar-refractivity contribution in [1.29, 1.82) is 0 Å². The van der Waals surface area contributed by atoms with E-state index in [1.165, 1.54) is 29.2 Å². The average Bonchev–Trinajstić information content (AvgIpc) is 3.76. The van der Waals surface area contributed by atoms with E-state index in [-0.39, 0.29) is 58.1 Å². The minimum absolute atomic E-state index is 0.00897. The molecule has 2 aliphatic heterocycles. The molecule has 11 heteroatoms. The number of aryl methyl sites for hydroxylation is 1. The molecule has 7 atom stereocenters. The molecule has 3 aromatic carbocycles. The molecule has 234 valence electrons. The highest BCUT2D eigenvalue weighted by molar-refractivity contribution is 8.00. The highest BCUT2D eigenvalue weighted by Gasteiger charge is 2.69. The first-order valence-corrected chi connectivity index (χ1v) is 17.0. The molecule has 1 N–H and O–H groups in total. The lowest BCUT2D eigenvalue weighted by Gasteiger charge is -2.43. The number of carbonyl (C=O) groups is 3. The molecule has 4 aliphatic rings. The molecule has 2 aliphatic carbocycles. The lowest BCUT2D eigenvalue weighted by atomic mass is 9.68. The summed E-state index contributed by atoms with van der Waals surface area (Å²) >= 11 is 2.74. The maximum Gasteiger partial charge on any atom is 0.308 e. The second-order valence-electron chi connectivity index (χ2n) is 12.6. The summed E-state index contributed by atoms with van der Waals surface area (Å²) in [7, 11) is 1.61. The molecule has 4 aromatic rings. The van der Waals surface area contributed by atoms with Gasteiger partial charge in [-0.25, -0.2) is 4.39 Å². The van der Waals surface area contributed by atoms with Crippen molar-refractivity contribution < 1.29 is 23.5 Å². The maximum atomic E-state index is 14.0. The van der Waals surface area contributed by atoms with Crippen LogP contribution in [-0.2, 0) is 20.9 Å². The Morgan fingerprint density at radius 3 is 2.39 bits per heavy atom. The fourth-order valence-corrected chi connectivity index (χ4v) is 11.5. The number of ether oxygens (including phenoxy) is 1. The number of fused-ring (bicyclic) bond motifs is 9. The van der Waals surface area contributed by atoms with Gasteiger partial charge in [-0.2, -0.15) is 0 Å². The number of thioether (sulfide) groups is 1. The summed E-state index contributed by atoms with van der Waals surface area (Å²) in [5, 5.41) is 3.65. The summed E-state index contributed by atoms with van der Waals surface area (Å²) in [4.78, 5) is 56.6. The fourth-order valence-electron chi connectivity index (χ4n) is 8.35. The molecule has 1 saturated heterocycles. The standard InChI is InChI=1S/C35H30FN3O5S2/c1-17-4-3-5-20(14-17)37-25(40)16-38-34-31(46-35(38)43)26(18-6-12-22(44-2)13-7-18)27-23-15-24(30(27)45-34)29-28(23)32(41)39(33(29)42)21-10-8-19(36)9-11-21/h3-14,23-24,26-30H,15-16H2,1-2H3,(H,37,40). The van der Waals surface area contributed by atoms with Crippen LogP contribution in [-0.4, -0.2) is 34.6 Å². The van der Waals surface area contributed by atoms with Crippen molar-refractivity contribution in [2.45, 2.75) is 36.1 Å². The molecule has 0 spiro atoms. The first-order chi connectivity index (χ1) is 22.2. The predicted molar refractivity (Wildman–Crippen MR) is 174 cm³/mol. The van der Waals surface area contributed by atoms with E-state index in [2.05, 4.69) is 5.32 Å². The number of hydrogen-bond acceptors (Lipinski definition) is 7. The van der Waals surface area contributed by atoms with Gasteiger partial charge in [0.25, 0.3) is 0 Å². The Balaban J connectivity index is 1.18. The van der Waals surface area contributed by atoms with Crippen molar-refractivity contribution in [2.24, 2.45) is 29.6 Å². The van der Waals surface area contributed by atoms with Crippen molar-refractivity contribution in [3.05, 3.63) is 104 Å². The molecule has 2 saturated carbocycles. The highest BCUT2D eigenvalue weighted by Crippen LogP contribution is 2.69. The van der Waals surface area contributed by atoms with E-state index in [4.69, 9.17) is 4.74 Å². The molecule has 7 unspecified atom stereocenters. The minimum Gasteiger partial charge on any atom is -0.497 e. The minimum atomic E-state index is -0.474. The van der Waals surface area contributed by atoms with Crippen LogP contribution >= 0.6 is 23.1 Å². The molecule has 3 amide bonds. The van der Waals surface area contributed by atoms with E-state index >= 15 is 0 Å². The summed E-state index contributed by atoms with van der Waals surface area (Å²) < 4.78 is 20.7. The Hall–Kier alpha value is -4.22.